The number of H-pyrrole nitrogens is 1. The van der Waals surface area contributed by atoms with Gasteiger partial charge in [-0.15, -0.1) is 0 Å². The molecule has 0 saturated carbocycles. The number of carbonyl (C=O) groups excluding carboxylic acids is 2. The number of benzene rings is 1. The molecule has 2 heterocycles. The number of carbonyl (C=O) groups is 2. The van der Waals surface area contributed by atoms with Gasteiger partial charge in [-0.1, -0.05) is 13.0 Å². The van der Waals surface area contributed by atoms with E-state index >= 15 is 0 Å². The van der Waals surface area contributed by atoms with E-state index in [2.05, 4.69) is 30.9 Å². The Labute approximate surface area is 156 Å². The molecule has 0 fully saturated rings. The van der Waals surface area contributed by atoms with Gasteiger partial charge in [-0.2, -0.15) is 0 Å². The molecular weight excluding hydrogens is 344 g/mol. The van der Waals surface area contributed by atoms with Crippen LogP contribution in [0.3, 0.4) is 0 Å². The van der Waals surface area contributed by atoms with Crippen LogP contribution in [-0.2, 0) is 4.79 Å². The van der Waals surface area contributed by atoms with Crippen molar-refractivity contribution in [2.24, 2.45) is 0 Å². The summed E-state index contributed by atoms with van der Waals surface area (Å²) in [6.45, 7) is 5.59. The number of hydrogen-bond donors (Lipinski definition) is 4. The molecular formula is C19H22N6O2. The van der Waals surface area contributed by atoms with Crippen molar-refractivity contribution in [3.8, 4) is 0 Å². The Bertz CT molecular complexity index is 979. The van der Waals surface area contributed by atoms with Gasteiger partial charge >= 0.3 is 0 Å². The zero-order chi connectivity index (χ0) is 19.4. The zero-order valence-corrected chi connectivity index (χ0v) is 15.5. The van der Waals surface area contributed by atoms with E-state index in [9.17, 15) is 9.59 Å². The van der Waals surface area contributed by atoms with E-state index in [1.807, 2.05) is 38.1 Å². The number of fused-ring (bicyclic) bond motifs is 1. The number of nitrogens with one attached hydrogen (secondary N) is 4. The van der Waals surface area contributed by atoms with Crippen LogP contribution < -0.4 is 16.0 Å². The van der Waals surface area contributed by atoms with E-state index in [-0.39, 0.29) is 17.9 Å². The summed E-state index contributed by atoms with van der Waals surface area (Å²) in [7, 11) is 0. The molecule has 0 aliphatic heterocycles. The van der Waals surface area contributed by atoms with Gasteiger partial charge in [0.05, 0.1) is 11.8 Å². The molecule has 0 radical (unpaired) electrons. The van der Waals surface area contributed by atoms with E-state index in [0.717, 1.165) is 5.69 Å². The van der Waals surface area contributed by atoms with Gasteiger partial charge in [0.25, 0.3) is 5.91 Å². The fourth-order valence-electron chi connectivity index (χ4n) is 2.54. The van der Waals surface area contributed by atoms with Crippen molar-refractivity contribution >= 4 is 40.2 Å². The van der Waals surface area contributed by atoms with Crippen molar-refractivity contribution in [1.82, 2.24) is 20.3 Å². The Hall–Kier alpha value is -3.42. The second-order valence-electron chi connectivity index (χ2n) is 6.39. The molecule has 3 aromatic rings. The summed E-state index contributed by atoms with van der Waals surface area (Å²) in [4.78, 5) is 35.7. The lowest BCUT2D eigenvalue weighted by Gasteiger charge is -2.09. The number of hydrogen-bond acceptors (Lipinski definition) is 5. The molecule has 8 heteroatoms. The smallest absolute Gasteiger partial charge is 0.255 e. The standard InChI is InChI=1S/C19H22N6O2/c1-4-16(26)24-13-7-5-6-12(8-13)23-15-10-21-18-17(25-15)14(9-20-18)19(27)22-11(2)3/h5-11H,4H2,1-3H3,(H,20,21)(H,22,27)(H,23,25)(H,24,26). The van der Waals surface area contributed by atoms with Crippen LogP contribution in [0.15, 0.2) is 36.7 Å². The van der Waals surface area contributed by atoms with E-state index in [0.29, 0.717) is 34.7 Å². The lowest BCUT2D eigenvalue weighted by molar-refractivity contribution is -0.115. The van der Waals surface area contributed by atoms with Crippen LogP contribution in [0.4, 0.5) is 17.2 Å². The monoisotopic (exact) mass is 366 g/mol. The highest BCUT2D eigenvalue weighted by molar-refractivity contribution is 6.04. The van der Waals surface area contributed by atoms with Crippen molar-refractivity contribution in [2.75, 3.05) is 10.6 Å². The van der Waals surface area contributed by atoms with Crippen LogP contribution >= 0.6 is 0 Å². The summed E-state index contributed by atoms with van der Waals surface area (Å²) in [5.74, 6) is 0.244. The van der Waals surface area contributed by atoms with Crippen LogP contribution in [0.2, 0.25) is 0 Å². The summed E-state index contributed by atoms with van der Waals surface area (Å²) < 4.78 is 0. The molecule has 4 N–H and O–H groups in total. The second kappa shape index (κ2) is 7.86. The van der Waals surface area contributed by atoms with Crippen molar-refractivity contribution in [3.05, 3.63) is 42.2 Å². The van der Waals surface area contributed by atoms with Gasteiger partial charge in [0, 0.05) is 30.0 Å². The highest BCUT2D eigenvalue weighted by Gasteiger charge is 2.15. The topological polar surface area (TPSA) is 112 Å². The Morgan fingerprint density at radius 3 is 2.74 bits per heavy atom. The number of nitrogens with zero attached hydrogens (tertiary/aromatic N) is 2. The molecule has 0 spiro atoms. The van der Waals surface area contributed by atoms with Crippen LogP contribution in [0, 0.1) is 0 Å². The first kappa shape index (κ1) is 18.4. The van der Waals surface area contributed by atoms with Crippen molar-refractivity contribution in [1.29, 1.82) is 0 Å². The molecule has 27 heavy (non-hydrogen) atoms. The van der Waals surface area contributed by atoms with E-state index < -0.39 is 0 Å². The predicted octanol–water partition coefficient (Wildman–Crippen LogP) is 3.19. The third-order valence-electron chi connectivity index (χ3n) is 3.79. The summed E-state index contributed by atoms with van der Waals surface area (Å²) in [5, 5.41) is 8.82. The van der Waals surface area contributed by atoms with Crippen LogP contribution in [0.5, 0.6) is 0 Å². The van der Waals surface area contributed by atoms with Crippen molar-refractivity contribution in [3.63, 3.8) is 0 Å². The zero-order valence-electron chi connectivity index (χ0n) is 15.5. The molecule has 8 nitrogen and oxygen atoms in total. The van der Waals surface area contributed by atoms with Gasteiger partial charge in [-0.05, 0) is 32.0 Å². The van der Waals surface area contributed by atoms with E-state index in [1.54, 1.807) is 19.3 Å². The molecule has 2 amide bonds. The summed E-state index contributed by atoms with van der Waals surface area (Å²) in [5.41, 5.74) is 2.92. The maximum absolute atomic E-state index is 12.3. The van der Waals surface area contributed by atoms with Crippen molar-refractivity contribution in [2.45, 2.75) is 33.2 Å². The maximum atomic E-state index is 12.3. The molecule has 0 unspecified atom stereocenters. The maximum Gasteiger partial charge on any atom is 0.255 e. The highest BCUT2D eigenvalue weighted by atomic mass is 16.2. The lowest BCUT2D eigenvalue weighted by atomic mass is 10.2. The quantitative estimate of drug-likeness (QED) is 0.535. The van der Waals surface area contributed by atoms with E-state index in [4.69, 9.17) is 0 Å². The number of aromatic nitrogens is 3. The Morgan fingerprint density at radius 2 is 2.00 bits per heavy atom. The Morgan fingerprint density at radius 1 is 1.22 bits per heavy atom. The fourth-order valence-corrected chi connectivity index (χ4v) is 2.54. The molecule has 0 bridgehead atoms. The van der Waals surface area contributed by atoms with Gasteiger partial charge < -0.3 is 20.9 Å². The van der Waals surface area contributed by atoms with Gasteiger partial charge in [-0.25, -0.2) is 9.97 Å². The van der Waals surface area contributed by atoms with Crippen LogP contribution in [-0.4, -0.2) is 32.8 Å². The summed E-state index contributed by atoms with van der Waals surface area (Å²) >= 11 is 0. The van der Waals surface area contributed by atoms with Crippen LogP contribution in [0.1, 0.15) is 37.6 Å². The molecule has 0 saturated heterocycles. The Balaban J connectivity index is 1.84. The second-order valence-corrected chi connectivity index (χ2v) is 6.39. The largest absolute Gasteiger partial charge is 0.350 e. The number of anilines is 3. The first-order valence-corrected chi connectivity index (χ1v) is 8.78. The number of rotatable bonds is 6. The fraction of sp³-hybridized carbons (Fsp3) is 0.263. The molecule has 140 valence electrons. The van der Waals surface area contributed by atoms with Crippen molar-refractivity contribution < 1.29 is 9.59 Å². The minimum absolute atomic E-state index is 0.0257. The normalized spacial score (nSPS) is 10.8. The third-order valence-corrected chi connectivity index (χ3v) is 3.79. The van der Waals surface area contributed by atoms with Gasteiger partial charge in [0.2, 0.25) is 5.91 Å². The SMILES string of the molecule is CCC(=O)Nc1cccc(Nc2cnc3[nH]cc(C(=O)NC(C)C)c3n2)c1. The first-order valence-electron chi connectivity index (χ1n) is 8.78. The highest BCUT2D eigenvalue weighted by Crippen LogP contribution is 2.21. The number of amides is 2. The lowest BCUT2D eigenvalue weighted by Crippen LogP contribution is -2.29. The van der Waals surface area contributed by atoms with Gasteiger partial charge in [0.15, 0.2) is 5.65 Å². The average molecular weight is 366 g/mol. The minimum atomic E-state index is -0.202. The van der Waals surface area contributed by atoms with Gasteiger partial charge in [0.1, 0.15) is 11.3 Å². The van der Waals surface area contributed by atoms with Gasteiger partial charge in [-0.3, -0.25) is 9.59 Å². The van der Waals surface area contributed by atoms with Crippen LogP contribution in [0.25, 0.3) is 11.2 Å². The molecule has 0 aliphatic carbocycles. The molecule has 1 aromatic carbocycles. The summed E-state index contributed by atoms with van der Waals surface area (Å²) in [6.07, 6.45) is 3.60. The van der Waals surface area contributed by atoms with E-state index in [1.165, 1.54) is 0 Å². The third kappa shape index (κ3) is 4.41. The predicted molar refractivity (Wildman–Crippen MR) is 105 cm³/mol. The molecule has 3 rings (SSSR count). The number of aromatic amines is 1. The molecule has 0 atom stereocenters. The summed E-state index contributed by atoms with van der Waals surface area (Å²) in [6, 6.07) is 7.34. The average Bonchev–Trinajstić information content (AvgIpc) is 3.04. The Kier molecular flexibility index (Phi) is 5.35. The minimum Gasteiger partial charge on any atom is -0.350 e. The molecule has 0 aliphatic rings. The molecule has 2 aromatic heterocycles. The first-order chi connectivity index (χ1) is 13.0.